The molecule has 2 aromatic carbocycles. The lowest BCUT2D eigenvalue weighted by atomic mass is 9.96. The van der Waals surface area contributed by atoms with E-state index in [1.165, 1.54) is 7.11 Å². The van der Waals surface area contributed by atoms with Gasteiger partial charge in [-0.1, -0.05) is 24.3 Å². The molecule has 10 heteroatoms. The van der Waals surface area contributed by atoms with Gasteiger partial charge in [-0.2, -0.15) is 18.3 Å². The quantitative estimate of drug-likeness (QED) is 0.506. The van der Waals surface area contributed by atoms with Crippen LogP contribution in [0.2, 0.25) is 0 Å². The highest BCUT2D eigenvalue weighted by Gasteiger charge is 2.47. The largest absolute Gasteiger partial charge is 0.497 e. The van der Waals surface area contributed by atoms with Crippen LogP contribution in [0.4, 0.5) is 24.7 Å². The highest BCUT2D eigenvalue weighted by atomic mass is 19.4. The molecule has 2 heterocycles. The highest BCUT2D eigenvalue weighted by Crippen LogP contribution is 2.44. The SMILES string of the molecule is COc1cccc([C@@H]2C[C@@H](C(F)(F)F)n3ncc(C(=O)Nc4cccc([C@@H](C)O)c4)c3N2)c1. The van der Waals surface area contributed by atoms with Crippen LogP contribution in [0.3, 0.4) is 0 Å². The van der Waals surface area contributed by atoms with E-state index < -0.39 is 30.3 Å². The van der Waals surface area contributed by atoms with Gasteiger partial charge < -0.3 is 20.5 Å². The molecule has 1 aliphatic heterocycles. The number of hydrogen-bond acceptors (Lipinski definition) is 5. The predicted molar refractivity (Wildman–Crippen MR) is 116 cm³/mol. The van der Waals surface area contributed by atoms with E-state index in [0.29, 0.717) is 22.6 Å². The van der Waals surface area contributed by atoms with Gasteiger partial charge in [0, 0.05) is 12.1 Å². The minimum atomic E-state index is -4.56. The number of benzene rings is 2. The van der Waals surface area contributed by atoms with Gasteiger partial charge >= 0.3 is 6.18 Å². The summed E-state index contributed by atoms with van der Waals surface area (Å²) in [4.78, 5) is 13.0. The first-order valence-electron chi connectivity index (χ1n) is 10.3. The van der Waals surface area contributed by atoms with Gasteiger partial charge in [0.1, 0.15) is 17.1 Å². The number of alkyl halides is 3. The van der Waals surface area contributed by atoms with Crippen molar-refractivity contribution in [2.24, 2.45) is 0 Å². The van der Waals surface area contributed by atoms with Crippen LogP contribution in [0.25, 0.3) is 0 Å². The number of rotatable bonds is 5. The van der Waals surface area contributed by atoms with Crippen molar-refractivity contribution in [3.05, 3.63) is 71.4 Å². The van der Waals surface area contributed by atoms with Gasteiger partial charge in [-0.25, -0.2) is 4.68 Å². The summed E-state index contributed by atoms with van der Waals surface area (Å²) in [6, 6.07) is 10.8. The number of fused-ring (bicyclic) bond motifs is 1. The lowest BCUT2D eigenvalue weighted by Gasteiger charge is -2.34. The van der Waals surface area contributed by atoms with Gasteiger partial charge in [-0.05, 0) is 42.3 Å². The summed E-state index contributed by atoms with van der Waals surface area (Å²) in [6.45, 7) is 1.59. The average molecular weight is 460 g/mol. The number of carbonyl (C=O) groups excluding carboxylic acids is 1. The van der Waals surface area contributed by atoms with Gasteiger partial charge in [0.25, 0.3) is 5.91 Å². The molecule has 0 bridgehead atoms. The first kappa shape index (κ1) is 22.7. The van der Waals surface area contributed by atoms with Crippen LogP contribution in [-0.2, 0) is 0 Å². The van der Waals surface area contributed by atoms with Crippen molar-refractivity contribution >= 4 is 17.4 Å². The zero-order chi connectivity index (χ0) is 23.8. The van der Waals surface area contributed by atoms with Gasteiger partial charge in [-0.3, -0.25) is 4.79 Å². The molecule has 3 atom stereocenters. The number of ether oxygens (including phenoxy) is 1. The molecule has 3 N–H and O–H groups in total. The molecule has 4 rings (SSSR count). The Balaban J connectivity index is 1.67. The molecule has 0 aliphatic carbocycles. The first-order chi connectivity index (χ1) is 15.7. The molecule has 7 nitrogen and oxygen atoms in total. The van der Waals surface area contributed by atoms with E-state index in [1.807, 2.05) is 0 Å². The second-order valence-corrected chi connectivity index (χ2v) is 7.87. The summed E-state index contributed by atoms with van der Waals surface area (Å²) in [6.07, 6.45) is -4.45. The van der Waals surface area contributed by atoms with Gasteiger partial charge in [0.05, 0.1) is 25.5 Å². The van der Waals surface area contributed by atoms with E-state index in [4.69, 9.17) is 4.74 Å². The smallest absolute Gasteiger partial charge is 0.410 e. The maximum Gasteiger partial charge on any atom is 0.410 e. The van der Waals surface area contributed by atoms with Crippen molar-refractivity contribution in [1.82, 2.24) is 9.78 Å². The number of anilines is 2. The number of methoxy groups -OCH3 is 1. The predicted octanol–water partition coefficient (Wildman–Crippen LogP) is 4.86. The van der Waals surface area contributed by atoms with Crippen molar-refractivity contribution in [2.75, 3.05) is 17.7 Å². The molecule has 0 fully saturated rings. The highest BCUT2D eigenvalue weighted by molar-refractivity contribution is 6.07. The zero-order valence-electron chi connectivity index (χ0n) is 17.9. The summed E-state index contributed by atoms with van der Waals surface area (Å²) >= 11 is 0. The van der Waals surface area contributed by atoms with Gasteiger partial charge in [-0.15, -0.1) is 0 Å². The number of nitrogens with zero attached hydrogens (tertiary/aromatic N) is 2. The van der Waals surface area contributed by atoms with Crippen LogP contribution in [0.1, 0.15) is 53.0 Å². The number of hydrogen-bond donors (Lipinski definition) is 3. The Labute approximate surface area is 188 Å². The molecule has 1 aromatic heterocycles. The molecule has 0 saturated carbocycles. The third-order valence-electron chi connectivity index (χ3n) is 5.61. The molecule has 0 radical (unpaired) electrons. The minimum Gasteiger partial charge on any atom is -0.497 e. The molecule has 0 unspecified atom stereocenters. The van der Waals surface area contributed by atoms with Crippen molar-refractivity contribution in [1.29, 1.82) is 0 Å². The number of aromatic nitrogens is 2. The fourth-order valence-electron chi connectivity index (χ4n) is 3.88. The standard InChI is InChI=1S/C23H23F3N4O3/c1-13(31)14-5-3-7-16(9-14)28-22(32)18-12-27-30-20(23(24,25)26)11-19(29-21(18)30)15-6-4-8-17(10-15)33-2/h3-10,12-13,19-20,29,31H,11H2,1-2H3,(H,28,32)/t13-,19+,20+/m1/s1. The van der Waals surface area contributed by atoms with E-state index >= 15 is 0 Å². The Morgan fingerprint density at radius 3 is 2.73 bits per heavy atom. The maximum atomic E-state index is 13.9. The maximum absolute atomic E-state index is 13.9. The van der Waals surface area contributed by atoms with Crippen LogP contribution in [0, 0.1) is 0 Å². The average Bonchev–Trinajstić information content (AvgIpc) is 3.22. The van der Waals surface area contributed by atoms with Crippen molar-refractivity contribution in [3.8, 4) is 5.75 Å². The molecule has 174 valence electrons. The first-order valence-corrected chi connectivity index (χ1v) is 10.3. The minimum absolute atomic E-state index is 0.0134. The van der Waals surface area contributed by atoms with Crippen molar-refractivity contribution in [2.45, 2.75) is 37.7 Å². The Bertz CT molecular complexity index is 1160. The zero-order valence-corrected chi connectivity index (χ0v) is 17.9. The summed E-state index contributed by atoms with van der Waals surface area (Å²) in [5, 5.41) is 19.4. The number of aliphatic hydroxyl groups excluding tert-OH is 1. The summed E-state index contributed by atoms with van der Waals surface area (Å²) in [5.74, 6) is -0.104. The molecule has 33 heavy (non-hydrogen) atoms. The fraction of sp³-hybridized carbons (Fsp3) is 0.304. The van der Waals surface area contributed by atoms with E-state index in [9.17, 15) is 23.1 Å². The third-order valence-corrected chi connectivity index (χ3v) is 5.61. The number of halogens is 3. The Morgan fingerprint density at radius 1 is 1.27 bits per heavy atom. The topological polar surface area (TPSA) is 88.4 Å². The lowest BCUT2D eigenvalue weighted by molar-refractivity contribution is -0.173. The van der Waals surface area contributed by atoms with Crippen LogP contribution >= 0.6 is 0 Å². The van der Waals surface area contributed by atoms with E-state index in [2.05, 4.69) is 15.7 Å². The Morgan fingerprint density at radius 2 is 2.03 bits per heavy atom. The van der Waals surface area contributed by atoms with Gasteiger partial charge in [0.2, 0.25) is 0 Å². The third kappa shape index (κ3) is 4.65. The van der Waals surface area contributed by atoms with E-state index in [1.54, 1.807) is 55.5 Å². The van der Waals surface area contributed by atoms with Crippen LogP contribution in [0.5, 0.6) is 5.75 Å². The van der Waals surface area contributed by atoms with Crippen LogP contribution in [-0.4, -0.2) is 34.1 Å². The van der Waals surface area contributed by atoms with Crippen LogP contribution in [0.15, 0.2) is 54.7 Å². The summed E-state index contributed by atoms with van der Waals surface area (Å²) in [5.41, 5.74) is 1.59. The van der Waals surface area contributed by atoms with E-state index in [-0.39, 0.29) is 17.8 Å². The number of carbonyl (C=O) groups is 1. The Kier molecular flexibility index (Phi) is 6.03. The monoisotopic (exact) mass is 460 g/mol. The number of aliphatic hydroxyl groups is 1. The van der Waals surface area contributed by atoms with Gasteiger partial charge in [0.15, 0.2) is 6.04 Å². The molecular weight excluding hydrogens is 437 g/mol. The fourth-order valence-corrected chi connectivity index (χ4v) is 3.88. The number of amides is 1. The Hall–Kier alpha value is -3.53. The molecule has 3 aromatic rings. The number of nitrogens with one attached hydrogen (secondary N) is 2. The molecular formula is C23H23F3N4O3. The van der Waals surface area contributed by atoms with E-state index in [0.717, 1.165) is 10.9 Å². The molecule has 1 amide bonds. The van der Waals surface area contributed by atoms with Crippen molar-refractivity contribution < 1.29 is 27.8 Å². The summed E-state index contributed by atoms with van der Waals surface area (Å²) in [7, 11) is 1.48. The van der Waals surface area contributed by atoms with Crippen LogP contribution < -0.4 is 15.4 Å². The molecule has 0 saturated heterocycles. The lowest BCUT2D eigenvalue weighted by Crippen LogP contribution is -2.36. The van der Waals surface area contributed by atoms with Crippen molar-refractivity contribution in [3.63, 3.8) is 0 Å². The normalized spacial score (nSPS) is 18.7. The molecule has 0 spiro atoms. The summed E-state index contributed by atoms with van der Waals surface area (Å²) < 4.78 is 47.7. The molecule has 1 aliphatic rings. The second-order valence-electron chi connectivity index (χ2n) is 7.87. The second kappa shape index (κ2) is 8.78.